The van der Waals surface area contributed by atoms with Crippen LogP contribution in [-0.2, 0) is 24.6 Å². The molecule has 0 bridgehead atoms. The van der Waals surface area contributed by atoms with E-state index in [4.69, 9.17) is 14.2 Å². The van der Waals surface area contributed by atoms with E-state index in [-0.39, 0.29) is 53.7 Å². The first-order valence-corrected chi connectivity index (χ1v) is 13.4. The molecule has 5 aromatic rings. The molecule has 0 saturated carbocycles. The minimum absolute atomic E-state index is 0.00633. The number of ketones is 1. The van der Waals surface area contributed by atoms with E-state index in [1.807, 2.05) is 91.0 Å². The van der Waals surface area contributed by atoms with Crippen molar-refractivity contribution in [1.82, 2.24) is 4.98 Å². The first-order chi connectivity index (χ1) is 21.0. The van der Waals surface area contributed by atoms with Crippen LogP contribution in [0.1, 0.15) is 53.5 Å². The van der Waals surface area contributed by atoms with Crippen LogP contribution in [0.3, 0.4) is 0 Å². The molecule has 4 aromatic carbocycles. The molecule has 0 aliphatic carbocycles. The molecular formula is C35H27NO7. The third-order valence-electron chi connectivity index (χ3n) is 6.47. The Morgan fingerprint density at radius 1 is 0.628 bits per heavy atom. The largest absolute Gasteiger partial charge is 0.488 e. The third kappa shape index (κ3) is 7.31. The summed E-state index contributed by atoms with van der Waals surface area (Å²) in [7, 11) is 0. The molecule has 1 aromatic heterocycles. The summed E-state index contributed by atoms with van der Waals surface area (Å²) < 4.78 is 17.6. The van der Waals surface area contributed by atoms with E-state index in [1.165, 1.54) is 30.5 Å². The maximum absolute atomic E-state index is 14.2. The molecule has 0 amide bonds. The summed E-state index contributed by atoms with van der Waals surface area (Å²) in [6.07, 6.45) is 1.39. The van der Waals surface area contributed by atoms with Crippen molar-refractivity contribution < 1.29 is 33.7 Å². The molecule has 0 atom stereocenters. The van der Waals surface area contributed by atoms with Gasteiger partial charge in [0.1, 0.15) is 42.6 Å². The number of carbonyl (C=O) groups is 3. The second-order valence-corrected chi connectivity index (χ2v) is 9.49. The van der Waals surface area contributed by atoms with E-state index in [2.05, 4.69) is 4.98 Å². The summed E-state index contributed by atoms with van der Waals surface area (Å²) in [5.74, 6) is -2.69. The number of hydrogen-bond acceptors (Lipinski definition) is 7. The van der Waals surface area contributed by atoms with Crippen molar-refractivity contribution in [3.05, 3.63) is 161 Å². The summed E-state index contributed by atoms with van der Waals surface area (Å²) in [6, 6.07) is 33.1. The average molecular weight is 574 g/mol. The van der Waals surface area contributed by atoms with Gasteiger partial charge in [-0.05, 0) is 41.0 Å². The number of nitrogens with zero attached hydrogens (tertiary/aromatic N) is 1. The lowest BCUT2D eigenvalue weighted by atomic mass is 9.99. The van der Waals surface area contributed by atoms with Gasteiger partial charge < -0.3 is 19.3 Å². The monoisotopic (exact) mass is 573 g/mol. The topological polar surface area (TPSA) is 112 Å². The molecule has 43 heavy (non-hydrogen) atoms. The van der Waals surface area contributed by atoms with Crippen LogP contribution in [0.2, 0.25) is 0 Å². The zero-order valence-corrected chi connectivity index (χ0v) is 23.0. The summed E-state index contributed by atoms with van der Waals surface area (Å²) >= 11 is 0. The number of pyridine rings is 1. The van der Waals surface area contributed by atoms with Gasteiger partial charge in [0, 0.05) is 6.20 Å². The van der Waals surface area contributed by atoms with Crippen LogP contribution in [0.15, 0.2) is 121 Å². The van der Waals surface area contributed by atoms with Gasteiger partial charge in [0.05, 0.1) is 11.1 Å². The number of aromatic nitrogens is 1. The van der Waals surface area contributed by atoms with Crippen molar-refractivity contribution >= 4 is 17.7 Å². The molecule has 1 heterocycles. The highest BCUT2D eigenvalue weighted by Gasteiger charge is 2.28. The number of carbonyl (C=O) groups excluding carboxylic acids is 2. The number of ether oxygens (including phenoxy) is 3. The lowest BCUT2D eigenvalue weighted by Crippen LogP contribution is -2.17. The second kappa shape index (κ2) is 13.7. The van der Waals surface area contributed by atoms with Gasteiger partial charge in [-0.3, -0.25) is 9.78 Å². The number of aromatic carboxylic acids is 1. The maximum Gasteiger partial charge on any atom is 0.340 e. The number of hydrogen-bond donors (Lipinski definition) is 1. The molecule has 0 unspecified atom stereocenters. The van der Waals surface area contributed by atoms with Crippen molar-refractivity contribution in [2.75, 3.05) is 0 Å². The smallest absolute Gasteiger partial charge is 0.340 e. The molecule has 8 heteroatoms. The lowest BCUT2D eigenvalue weighted by Gasteiger charge is -2.18. The fourth-order valence-electron chi connectivity index (χ4n) is 4.31. The standard InChI is InChI=1S/C35H27NO7/c37-33(32-28(17-10-18-36-32)35(40)43-23-26-15-8-3-9-16-26)31-29(41-21-24-11-4-1-5-12-24)19-27(34(38)39)20-30(31)42-22-25-13-6-2-7-14-25/h1-20H,21-23H2,(H,38,39). The first kappa shape index (κ1) is 28.8. The normalized spacial score (nSPS) is 10.5. The van der Waals surface area contributed by atoms with Crippen LogP contribution in [0, 0.1) is 0 Å². The summed E-state index contributed by atoms with van der Waals surface area (Å²) in [6.45, 7) is 0.111. The van der Waals surface area contributed by atoms with Crippen molar-refractivity contribution in [2.45, 2.75) is 19.8 Å². The van der Waals surface area contributed by atoms with E-state index in [9.17, 15) is 19.5 Å². The SMILES string of the molecule is O=C(O)c1cc(OCc2ccccc2)c(C(=O)c2ncccc2C(=O)OCc2ccccc2)c(OCc2ccccc2)c1. The van der Waals surface area contributed by atoms with Gasteiger partial charge in [-0.15, -0.1) is 0 Å². The summed E-state index contributed by atoms with van der Waals surface area (Å²) in [5, 5.41) is 9.85. The summed E-state index contributed by atoms with van der Waals surface area (Å²) in [4.78, 5) is 43.7. The van der Waals surface area contributed by atoms with Gasteiger partial charge in [0.15, 0.2) is 0 Å². The predicted molar refractivity (Wildman–Crippen MR) is 158 cm³/mol. The fraction of sp³-hybridized carbons (Fsp3) is 0.0857. The summed E-state index contributed by atoms with van der Waals surface area (Å²) in [5.41, 5.74) is 1.96. The van der Waals surface area contributed by atoms with E-state index >= 15 is 0 Å². The Morgan fingerprint density at radius 3 is 1.60 bits per heavy atom. The maximum atomic E-state index is 14.2. The highest BCUT2D eigenvalue weighted by atomic mass is 16.5. The van der Waals surface area contributed by atoms with E-state index < -0.39 is 17.7 Å². The average Bonchev–Trinajstić information content (AvgIpc) is 3.06. The van der Waals surface area contributed by atoms with Gasteiger partial charge in [0.25, 0.3) is 0 Å². The van der Waals surface area contributed by atoms with Gasteiger partial charge in [-0.2, -0.15) is 0 Å². The van der Waals surface area contributed by atoms with Crippen molar-refractivity contribution in [2.24, 2.45) is 0 Å². The molecule has 214 valence electrons. The quantitative estimate of drug-likeness (QED) is 0.133. The first-order valence-electron chi connectivity index (χ1n) is 13.4. The number of carboxylic acid groups (broad SMARTS) is 1. The van der Waals surface area contributed by atoms with Crippen LogP contribution in [0.4, 0.5) is 0 Å². The molecular weight excluding hydrogens is 546 g/mol. The molecule has 0 aliphatic heterocycles. The van der Waals surface area contributed by atoms with Gasteiger partial charge >= 0.3 is 11.9 Å². The Bertz CT molecular complexity index is 1660. The molecule has 0 spiro atoms. The molecule has 0 radical (unpaired) electrons. The van der Waals surface area contributed by atoms with Gasteiger partial charge in [0.2, 0.25) is 5.78 Å². The number of esters is 1. The Balaban J connectivity index is 1.54. The third-order valence-corrected chi connectivity index (χ3v) is 6.47. The van der Waals surface area contributed by atoms with Crippen LogP contribution in [0.25, 0.3) is 0 Å². The van der Waals surface area contributed by atoms with E-state index in [0.29, 0.717) is 0 Å². The van der Waals surface area contributed by atoms with Crippen LogP contribution in [0.5, 0.6) is 11.5 Å². The van der Waals surface area contributed by atoms with E-state index in [0.717, 1.165) is 16.7 Å². The Morgan fingerprint density at radius 2 is 1.12 bits per heavy atom. The zero-order chi connectivity index (χ0) is 30.0. The number of benzene rings is 4. The minimum atomic E-state index is -1.23. The molecule has 1 N–H and O–H groups in total. The predicted octanol–water partition coefficient (Wildman–Crippen LogP) is 6.53. The Labute approximate surface area is 248 Å². The van der Waals surface area contributed by atoms with Crippen molar-refractivity contribution in [1.29, 1.82) is 0 Å². The van der Waals surface area contributed by atoms with Crippen molar-refractivity contribution in [3.63, 3.8) is 0 Å². The number of carboxylic acids is 1. The van der Waals surface area contributed by atoms with Crippen LogP contribution in [-0.4, -0.2) is 27.8 Å². The highest BCUT2D eigenvalue weighted by molar-refractivity contribution is 6.16. The van der Waals surface area contributed by atoms with Gasteiger partial charge in [-0.1, -0.05) is 91.0 Å². The van der Waals surface area contributed by atoms with E-state index in [1.54, 1.807) is 0 Å². The highest BCUT2D eigenvalue weighted by Crippen LogP contribution is 2.35. The molecule has 8 nitrogen and oxygen atoms in total. The van der Waals surface area contributed by atoms with Crippen molar-refractivity contribution in [3.8, 4) is 11.5 Å². The molecule has 0 aliphatic rings. The molecule has 5 rings (SSSR count). The Kier molecular flexibility index (Phi) is 9.19. The fourth-order valence-corrected chi connectivity index (χ4v) is 4.31. The zero-order valence-electron chi connectivity index (χ0n) is 23.0. The van der Waals surface area contributed by atoms with Gasteiger partial charge in [-0.25, -0.2) is 9.59 Å². The van der Waals surface area contributed by atoms with Crippen LogP contribution >= 0.6 is 0 Å². The van der Waals surface area contributed by atoms with Crippen LogP contribution < -0.4 is 9.47 Å². The number of rotatable bonds is 12. The molecule has 0 saturated heterocycles. The Hall–Kier alpha value is -5.76. The lowest BCUT2D eigenvalue weighted by molar-refractivity contribution is 0.0469. The second-order valence-electron chi connectivity index (χ2n) is 9.49. The minimum Gasteiger partial charge on any atom is -0.488 e. The molecule has 0 fully saturated rings.